The van der Waals surface area contributed by atoms with Gasteiger partial charge in [-0.05, 0) is 56.5 Å². The predicted octanol–water partition coefficient (Wildman–Crippen LogP) is 5.99. The van der Waals surface area contributed by atoms with E-state index in [2.05, 4.69) is 89.8 Å². The quantitative estimate of drug-likeness (QED) is 0.497. The van der Waals surface area contributed by atoms with Gasteiger partial charge in [-0.25, -0.2) is 4.99 Å². The van der Waals surface area contributed by atoms with Crippen molar-refractivity contribution in [1.29, 1.82) is 0 Å². The van der Waals surface area contributed by atoms with Crippen LogP contribution in [-0.2, 0) is 0 Å². The largest absolute Gasteiger partial charge is 0.353 e. The lowest BCUT2D eigenvalue weighted by atomic mass is 10.1. The number of aryl methyl sites for hydroxylation is 1. The van der Waals surface area contributed by atoms with E-state index in [1.807, 2.05) is 23.1 Å². The van der Waals surface area contributed by atoms with Crippen molar-refractivity contribution < 1.29 is 0 Å². The number of thiophene rings is 1. The minimum atomic E-state index is 0.530. The zero-order valence-corrected chi connectivity index (χ0v) is 19.7. The highest BCUT2D eigenvalue weighted by molar-refractivity contribution is 7.99. The van der Waals surface area contributed by atoms with Crippen LogP contribution in [-0.4, -0.2) is 54.1 Å². The molecule has 0 spiro atoms. The van der Waals surface area contributed by atoms with Crippen LogP contribution in [0.2, 0.25) is 0 Å². The molecule has 0 amide bonds. The molecule has 31 heavy (non-hydrogen) atoms. The summed E-state index contributed by atoms with van der Waals surface area (Å²) in [5.74, 6) is 2.25. The number of nitrogens with zero attached hydrogens (tertiary/aromatic N) is 3. The zero-order valence-electron chi connectivity index (χ0n) is 18.0. The van der Waals surface area contributed by atoms with Gasteiger partial charge < -0.3 is 10.2 Å². The molecule has 2 aliphatic heterocycles. The van der Waals surface area contributed by atoms with Crippen molar-refractivity contribution in [3.8, 4) is 0 Å². The lowest BCUT2D eigenvalue weighted by Gasteiger charge is -2.41. The Hall–Kier alpha value is -2.28. The third-order valence-corrected chi connectivity index (χ3v) is 8.03. The molecule has 3 aromatic rings. The fourth-order valence-corrected chi connectivity index (χ4v) is 6.16. The standard InChI is InChI=1S/C25H28N4S2/c1-18-16-21-24(26-22-10-6-7-11-23(22)27-25(21)31-18)29-14-13-28(2)19(17-29)12-15-30-20-8-4-3-5-9-20/h3-11,16,19,27H,12-15,17H2,1-2H3. The van der Waals surface area contributed by atoms with Gasteiger partial charge in [-0.1, -0.05) is 30.3 Å². The predicted molar refractivity (Wildman–Crippen MR) is 135 cm³/mol. The Morgan fingerprint density at radius 1 is 1.10 bits per heavy atom. The van der Waals surface area contributed by atoms with Crippen LogP contribution < -0.4 is 5.32 Å². The molecule has 0 bridgehead atoms. The normalized spacial score (nSPS) is 18.6. The van der Waals surface area contributed by atoms with E-state index in [-0.39, 0.29) is 0 Å². The van der Waals surface area contributed by atoms with Gasteiger partial charge in [-0.3, -0.25) is 4.90 Å². The van der Waals surface area contributed by atoms with Crippen molar-refractivity contribution >= 4 is 45.3 Å². The van der Waals surface area contributed by atoms with Gasteiger partial charge in [0.15, 0.2) is 0 Å². The Labute approximate surface area is 193 Å². The molecule has 0 saturated carbocycles. The summed E-state index contributed by atoms with van der Waals surface area (Å²) in [4.78, 5) is 12.9. The summed E-state index contributed by atoms with van der Waals surface area (Å²) in [6.07, 6.45) is 1.17. The highest BCUT2D eigenvalue weighted by atomic mass is 32.2. The van der Waals surface area contributed by atoms with Crippen LogP contribution >= 0.6 is 23.1 Å². The van der Waals surface area contributed by atoms with E-state index >= 15 is 0 Å². The van der Waals surface area contributed by atoms with Crippen LogP contribution in [0, 0.1) is 6.92 Å². The van der Waals surface area contributed by atoms with Crippen molar-refractivity contribution in [2.75, 3.05) is 37.8 Å². The molecule has 1 N–H and O–H groups in total. The summed E-state index contributed by atoms with van der Waals surface area (Å²) in [7, 11) is 2.26. The van der Waals surface area contributed by atoms with E-state index in [9.17, 15) is 0 Å². The Morgan fingerprint density at radius 2 is 1.90 bits per heavy atom. The molecule has 5 rings (SSSR count). The van der Waals surface area contributed by atoms with E-state index < -0.39 is 0 Å². The lowest BCUT2D eigenvalue weighted by Crippen LogP contribution is -2.53. The molecule has 1 fully saturated rings. The first-order valence-electron chi connectivity index (χ1n) is 10.9. The SMILES string of the molecule is Cc1cc2c(s1)Nc1ccccc1N=C2N1CCN(C)C(CCSc2ccccc2)C1. The van der Waals surface area contributed by atoms with Gasteiger partial charge in [-0.15, -0.1) is 23.1 Å². The van der Waals surface area contributed by atoms with Crippen molar-refractivity contribution in [2.24, 2.45) is 4.99 Å². The smallest absolute Gasteiger partial charge is 0.139 e. The van der Waals surface area contributed by atoms with Gasteiger partial charge in [0.25, 0.3) is 0 Å². The fourth-order valence-electron chi connectivity index (χ4n) is 4.27. The number of para-hydroxylation sites is 2. The molecular formula is C25H28N4S2. The topological polar surface area (TPSA) is 30.9 Å². The van der Waals surface area contributed by atoms with Gasteiger partial charge in [0.2, 0.25) is 0 Å². The molecule has 6 heteroatoms. The summed E-state index contributed by atoms with van der Waals surface area (Å²) in [5, 5.41) is 4.83. The second kappa shape index (κ2) is 9.07. The first kappa shape index (κ1) is 20.6. The number of aliphatic imine (C=N–C) groups is 1. The maximum atomic E-state index is 5.17. The summed E-state index contributed by atoms with van der Waals surface area (Å²) >= 11 is 3.77. The molecule has 0 radical (unpaired) electrons. The number of piperazine rings is 1. The number of likely N-dealkylation sites (N-methyl/N-ethyl adjacent to an activating group) is 1. The first-order chi connectivity index (χ1) is 15.2. The van der Waals surface area contributed by atoms with Crippen molar-refractivity contribution in [3.63, 3.8) is 0 Å². The van der Waals surface area contributed by atoms with Gasteiger partial charge in [0.05, 0.1) is 16.9 Å². The number of amidine groups is 1. The highest BCUT2D eigenvalue weighted by Crippen LogP contribution is 2.39. The second-order valence-electron chi connectivity index (χ2n) is 8.21. The summed E-state index contributed by atoms with van der Waals surface area (Å²) in [6.45, 7) is 5.26. The van der Waals surface area contributed by atoms with Crippen molar-refractivity contribution in [2.45, 2.75) is 24.3 Å². The van der Waals surface area contributed by atoms with Crippen LogP contribution in [0.25, 0.3) is 0 Å². The number of fused-ring (bicyclic) bond motifs is 2. The lowest BCUT2D eigenvalue weighted by molar-refractivity contribution is 0.139. The highest BCUT2D eigenvalue weighted by Gasteiger charge is 2.29. The molecule has 2 aliphatic rings. The molecule has 1 saturated heterocycles. The molecule has 160 valence electrons. The Kier molecular flexibility index (Phi) is 6.03. The number of hydrogen-bond acceptors (Lipinski definition) is 6. The number of anilines is 2. The molecule has 1 aromatic heterocycles. The molecular weight excluding hydrogens is 420 g/mol. The third-order valence-electron chi connectivity index (χ3n) is 6.01. The molecule has 2 aromatic carbocycles. The van der Waals surface area contributed by atoms with Gasteiger partial charge in [-0.2, -0.15) is 0 Å². The van der Waals surface area contributed by atoms with Crippen LogP contribution in [0.5, 0.6) is 0 Å². The van der Waals surface area contributed by atoms with E-state index in [0.29, 0.717) is 6.04 Å². The average molecular weight is 449 g/mol. The minimum absolute atomic E-state index is 0.530. The Balaban J connectivity index is 1.36. The third kappa shape index (κ3) is 4.52. The summed E-state index contributed by atoms with van der Waals surface area (Å²) in [6, 6.07) is 21.9. The second-order valence-corrected chi connectivity index (χ2v) is 10.6. The van der Waals surface area contributed by atoms with Crippen LogP contribution in [0.4, 0.5) is 16.4 Å². The minimum Gasteiger partial charge on any atom is -0.353 e. The first-order valence-corrected chi connectivity index (χ1v) is 12.7. The van der Waals surface area contributed by atoms with E-state index in [4.69, 9.17) is 4.99 Å². The molecule has 1 unspecified atom stereocenters. The van der Waals surface area contributed by atoms with Crippen molar-refractivity contribution in [3.05, 3.63) is 71.1 Å². The van der Waals surface area contributed by atoms with E-state index in [1.165, 1.54) is 26.8 Å². The zero-order chi connectivity index (χ0) is 21.2. The number of thioether (sulfide) groups is 1. The van der Waals surface area contributed by atoms with Crippen LogP contribution in [0.3, 0.4) is 0 Å². The Bertz CT molecular complexity index is 1080. The van der Waals surface area contributed by atoms with E-state index in [0.717, 1.165) is 42.6 Å². The maximum absolute atomic E-state index is 5.17. The maximum Gasteiger partial charge on any atom is 0.139 e. The summed E-state index contributed by atoms with van der Waals surface area (Å²) < 4.78 is 0. The van der Waals surface area contributed by atoms with Crippen LogP contribution in [0.15, 0.2) is 70.6 Å². The molecule has 3 heterocycles. The summed E-state index contributed by atoms with van der Waals surface area (Å²) in [5.41, 5.74) is 3.35. The number of rotatable bonds is 4. The average Bonchev–Trinajstić information content (AvgIpc) is 3.07. The molecule has 4 nitrogen and oxygen atoms in total. The van der Waals surface area contributed by atoms with Gasteiger partial charge >= 0.3 is 0 Å². The Morgan fingerprint density at radius 3 is 2.77 bits per heavy atom. The monoisotopic (exact) mass is 448 g/mol. The van der Waals surface area contributed by atoms with E-state index in [1.54, 1.807) is 0 Å². The fraction of sp³-hybridized carbons (Fsp3) is 0.320. The number of benzene rings is 2. The number of hydrogen-bond donors (Lipinski definition) is 1. The van der Waals surface area contributed by atoms with Crippen molar-refractivity contribution in [1.82, 2.24) is 9.80 Å². The molecule has 0 aliphatic carbocycles. The number of nitrogens with one attached hydrogen (secondary N) is 1. The van der Waals surface area contributed by atoms with Crippen LogP contribution in [0.1, 0.15) is 16.9 Å². The van der Waals surface area contributed by atoms with Gasteiger partial charge in [0.1, 0.15) is 10.8 Å². The van der Waals surface area contributed by atoms with Gasteiger partial charge in [0, 0.05) is 35.4 Å². The molecule has 1 atom stereocenters.